The van der Waals surface area contributed by atoms with Gasteiger partial charge in [-0.15, -0.1) is 0 Å². The fourth-order valence-corrected chi connectivity index (χ4v) is 8.54. The number of carbonyl (C=O) groups excluding carboxylic acids is 3. The summed E-state index contributed by atoms with van der Waals surface area (Å²) < 4.78 is 16.9. The standard InChI is InChI=1S/C69H116O6/c1-4-7-10-13-16-19-22-25-27-28-29-30-31-32-33-34-35-36-37-38-39-40-42-44-47-50-53-56-59-62-68(71)74-65-66(64-73-67(70)61-58-55-52-49-46-43-24-21-18-15-12-9-6-3)75-69(72)63-60-57-54-51-48-45-41-26-23-20-17-14-11-8-5-2/h7,10,12,15-17,19-21,24-27,29-30,32-33,41,66H,4-6,8-9,11,13-14,18,22-23,28,31,34-40,42-65H2,1-3H3/b10-7-,15-12-,19-16-,20-17-,24-21-,27-25-,30-29-,33-32-,41-26-. The van der Waals surface area contributed by atoms with Gasteiger partial charge in [-0.3, -0.25) is 14.4 Å². The lowest BCUT2D eigenvalue weighted by molar-refractivity contribution is -0.167. The molecule has 0 radical (unpaired) electrons. The van der Waals surface area contributed by atoms with Crippen molar-refractivity contribution in [1.82, 2.24) is 0 Å². The third-order valence-electron chi connectivity index (χ3n) is 13.2. The second kappa shape index (κ2) is 62.6. The number of carbonyl (C=O) groups is 3. The zero-order valence-electron chi connectivity index (χ0n) is 49.0. The van der Waals surface area contributed by atoms with E-state index < -0.39 is 6.10 Å². The molecule has 0 heterocycles. The predicted octanol–water partition coefficient (Wildman–Crippen LogP) is 21.4. The minimum Gasteiger partial charge on any atom is -0.462 e. The minimum absolute atomic E-state index is 0.0887. The Hall–Kier alpha value is -3.93. The molecule has 0 bridgehead atoms. The Morgan fingerprint density at radius 3 is 0.867 bits per heavy atom. The predicted molar refractivity (Wildman–Crippen MR) is 325 cm³/mol. The molecule has 1 atom stereocenters. The molecule has 6 nitrogen and oxygen atoms in total. The molecular formula is C69H116O6. The van der Waals surface area contributed by atoms with Crippen molar-refractivity contribution in [3.05, 3.63) is 109 Å². The number of esters is 3. The maximum Gasteiger partial charge on any atom is 0.306 e. The van der Waals surface area contributed by atoms with Crippen LogP contribution in [0.5, 0.6) is 0 Å². The van der Waals surface area contributed by atoms with E-state index in [1.54, 1.807) is 0 Å². The Balaban J connectivity index is 4.26. The van der Waals surface area contributed by atoms with Gasteiger partial charge in [-0.1, -0.05) is 259 Å². The van der Waals surface area contributed by atoms with Gasteiger partial charge in [0, 0.05) is 19.3 Å². The van der Waals surface area contributed by atoms with E-state index in [1.165, 1.54) is 103 Å². The number of unbranched alkanes of at least 4 members (excludes halogenated alkanes) is 27. The summed E-state index contributed by atoms with van der Waals surface area (Å²) in [6, 6.07) is 0. The van der Waals surface area contributed by atoms with Crippen molar-refractivity contribution < 1.29 is 28.6 Å². The van der Waals surface area contributed by atoms with Crippen LogP contribution in [0.3, 0.4) is 0 Å². The third kappa shape index (κ3) is 60.8. The summed E-state index contributed by atoms with van der Waals surface area (Å²) in [6.45, 7) is 6.42. The molecule has 0 rings (SSSR count). The van der Waals surface area contributed by atoms with Gasteiger partial charge in [-0.05, 0) is 122 Å². The van der Waals surface area contributed by atoms with Gasteiger partial charge < -0.3 is 14.2 Å². The van der Waals surface area contributed by atoms with Crippen molar-refractivity contribution in [3.8, 4) is 0 Å². The molecule has 0 aliphatic rings. The maximum atomic E-state index is 12.9. The molecule has 0 aliphatic heterocycles. The topological polar surface area (TPSA) is 78.9 Å². The van der Waals surface area contributed by atoms with Crippen LogP contribution in [0.25, 0.3) is 0 Å². The van der Waals surface area contributed by atoms with E-state index in [1.807, 2.05) is 0 Å². The molecule has 0 fully saturated rings. The zero-order valence-corrected chi connectivity index (χ0v) is 49.0. The molecule has 428 valence electrons. The number of hydrogen-bond acceptors (Lipinski definition) is 6. The van der Waals surface area contributed by atoms with Crippen LogP contribution in [-0.2, 0) is 28.6 Å². The summed E-state index contributed by atoms with van der Waals surface area (Å²) in [5.41, 5.74) is 0. The molecule has 6 heteroatoms. The van der Waals surface area contributed by atoms with Gasteiger partial charge in [0.25, 0.3) is 0 Å². The molecule has 0 spiro atoms. The summed E-state index contributed by atoms with van der Waals surface area (Å²) >= 11 is 0. The Morgan fingerprint density at radius 1 is 0.280 bits per heavy atom. The molecule has 0 aliphatic carbocycles. The van der Waals surface area contributed by atoms with Crippen LogP contribution in [-0.4, -0.2) is 37.2 Å². The summed E-state index contributed by atoms with van der Waals surface area (Å²) in [6.07, 6.45) is 85.2. The number of rotatable bonds is 56. The molecule has 0 saturated heterocycles. The van der Waals surface area contributed by atoms with Gasteiger partial charge in [0.15, 0.2) is 6.10 Å². The van der Waals surface area contributed by atoms with Crippen LogP contribution in [0.15, 0.2) is 109 Å². The van der Waals surface area contributed by atoms with Crippen LogP contribution < -0.4 is 0 Å². The smallest absolute Gasteiger partial charge is 0.306 e. The molecule has 0 aromatic carbocycles. The Labute approximate surface area is 463 Å². The van der Waals surface area contributed by atoms with Gasteiger partial charge >= 0.3 is 17.9 Å². The van der Waals surface area contributed by atoms with Crippen molar-refractivity contribution in [2.24, 2.45) is 0 Å². The second-order valence-corrected chi connectivity index (χ2v) is 20.6. The van der Waals surface area contributed by atoms with Gasteiger partial charge in [0.1, 0.15) is 13.2 Å². The van der Waals surface area contributed by atoms with E-state index in [0.29, 0.717) is 19.3 Å². The number of ether oxygens (including phenoxy) is 3. The minimum atomic E-state index is -0.793. The summed E-state index contributed by atoms with van der Waals surface area (Å²) in [7, 11) is 0. The van der Waals surface area contributed by atoms with Crippen molar-refractivity contribution in [3.63, 3.8) is 0 Å². The monoisotopic (exact) mass is 1040 g/mol. The van der Waals surface area contributed by atoms with Gasteiger partial charge in [0.2, 0.25) is 0 Å². The molecule has 0 N–H and O–H groups in total. The zero-order chi connectivity index (χ0) is 54.3. The lowest BCUT2D eigenvalue weighted by atomic mass is 10.0. The van der Waals surface area contributed by atoms with E-state index in [4.69, 9.17) is 14.2 Å². The fraction of sp³-hybridized carbons (Fsp3) is 0.696. The Bertz CT molecular complexity index is 1520. The summed E-state index contributed by atoms with van der Waals surface area (Å²) in [5, 5.41) is 0. The molecule has 75 heavy (non-hydrogen) atoms. The Morgan fingerprint density at radius 2 is 0.547 bits per heavy atom. The SMILES string of the molecule is CC/C=C\C/C=C\C/C=C\C/C=C\C/C=C\CCCCCCCCCCCCCCCC(=O)OCC(COC(=O)CCCCCCC/C=C\C/C=C\CCC)OC(=O)CCCCCCC/C=C\C/C=C\CCCCC. The maximum absolute atomic E-state index is 12.9. The van der Waals surface area contributed by atoms with Crippen LogP contribution in [0.2, 0.25) is 0 Å². The van der Waals surface area contributed by atoms with Crippen LogP contribution in [0.4, 0.5) is 0 Å². The number of hydrogen-bond donors (Lipinski definition) is 0. The first-order valence-corrected chi connectivity index (χ1v) is 31.4. The second-order valence-electron chi connectivity index (χ2n) is 20.6. The van der Waals surface area contributed by atoms with E-state index in [-0.39, 0.29) is 31.1 Å². The highest BCUT2D eigenvalue weighted by Gasteiger charge is 2.19. The van der Waals surface area contributed by atoms with Gasteiger partial charge in [-0.2, -0.15) is 0 Å². The first-order valence-electron chi connectivity index (χ1n) is 31.4. The van der Waals surface area contributed by atoms with Crippen molar-refractivity contribution >= 4 is 17.9 Å². The molecule has 0 saturated carbocycles. The van der Waals surface area contributed by atoms with E-state index in [2.05, 4.69) is 130 Å². The average Bonchev–Trinajstić information content (AvgIpc) is 3.41. The summed E-state index contributed by atoms with van der Waals surface area (Å²) in [4.78, 5) is 38.2. The molecule has 1 unspecified atom stereocenters. The number of allylic oxidation sites excluding steroid dienone is 18. The normalized spacial score (nSPS) is 12.8. The van der Waals surface area contributed by atoms with Gasteiger partial charge in [0.05, 0.1) is 0 Å². The fourth-order valence-electron chi connectivity index (χ4n) is 8.54. The van der Waals surface area contributed by atoms with Crippen molar-refractivity contribution in [2.45, 2.75) is 297 Å². The van der Waals surface area contributed by atoms with Crippen molar-refractivity contribution in [2.75, 3.05) is 13.2 Å². The Kier molecular flexibility index (Phi) is 59.3. The first kappa shape index (κ1) is 71.1. The first-order chi connectivity index (χ1) is 37.0. The van der Waals surface area contributed by atoms with E-state index >= 15 is 0 Å². The lowest BCUT2D eigenvalue weighted by Crippen LogP contribution is -2.30. The highest BCUT2D eigenvalue weighted by molar-refractivity contribution is 5.71. The van der Waals surface area contributed by atoms with Crippen LogP contribution >= 0.6 is 0 Å². The summed E-state index contributed by atoms with van der Waals surface area (Å²) in [5.74, 6) is -0.913. The molecule has 0 amide bonds. The van der Waals surface area contributed by atoms with Gasteiger partial charge in [-0.25, -0.2) is 0 Å². The highest BCUT2D eigenvalue weighted by atomic mass is 16.6. The largest absolute Gasteiger partial charge is 0.462 e. The quantitative estimate of drug-likeness (QED) is 0.0261. The van der Waals surface area contributed by atoms with E-state index in [0.717, 1.165) is 148 Å². The molecule has 0 aromatic heterocycles. The van der Waals surface area contributed by atoms with Crippen LogP contribution in [0, 0.1) is 0 Å². The van der Waals surface area contributed by atoms with E-state index in [9.17, 15) is 14.4 Å². The third-order valence-corrected chi connectivity index (χ3v) is 13.2. The average molecular weight is 1040 g/mol. The molecular weight excluding hydrogens is 925 g/mol. The highest BCUT2D eigenvalue weighted by Crippen LogP contribution is 2.16. The lowest BCUT2D eigenvalue weighted by Gasteiger charge is -2.18. The van der Waals surface area contributed by atoms with Crippen LogP contribution in [0.1, 0.15) is 290 Å². The van der Waals surface area contributed by atoms with Crippen molar-refractivity contribution in [1.29, 1.82) is 0 Å². The molecule has 0 aromatic rings.